The third-order valence-corrected chi connectivity index (χ3v) is 2.79. The fraction of sp³-hybridized carbons (Fsp3) is 0.583. The molecule has 0 saturated carbocycles. The van der Waals surface area contributed by atoms with Crippen molar-refractivity contribution in [2.75, 3.05) is 30.3 Å². The van der Waals surface area contributed by atoms with Gasteiger partial charge in [0.25, 0.3) is 0 Å². The maximum Gasteiger partial charge on any atom is 0.323 e. The van der Waals surface area contributed by atoms with Crippen molar-refractivity contribution in [1.82, 2.24) is 15.0 Å². The minimum atomic E-state index is 0.214. The van der Waals surface area contributed by atoms with Gasteiger partial charge in [0.2, 0.25) is 11.9 Å². The van der Waals surface area contributed by atoms with E-state index in [0.29, 0.717) is 18.6 Å². The lowest BCUT2D eigenvalue weighted by Crippen LogP contribution is -2.21. The third-order valence-electron chi connectivity index (χ3n) is 2.79. The molecule has 0 atom stereocenters. The van der Waals surface area contributed by atoms with Crippen LogP contribution in [0.1, 0.15) is 25.7 Å². The Morgan fingerprint density at radius 3 is 2.78 bits per heavy atom. The summed E-state index contributed by atoms with van der Waals surface area (Å²) in [5, 5.41) is 0. The minimum absolute atomic E-state index is 0.214. The SMILES string of the molecule is C=CCCCOc1nc(N)nc(N2CCCC2)n1. The molecular formula is C12H19N5O. The van der Waals surface area contributed by atoms with Crippen molar-refractivity contribution in [3.8, 4) is 6.01 Å². The van der Waals surface area contributed by atoms with E-state index >= 15 is 0 Å². The van der Waals surface area contributed by atoms with Crippen LogP contribution in [0.4, 0.5) is 11.9 Å². The van der Waals surface area contributed by atoms with Gasteiger partial charge in [0, 0.05) is 13.1 Å². The van der Waals surface area contributed by atoms with E-state index in [1.807, 2.05) is 6.08 Å². The van der Waals surface area contributed by atoms with Crippen LogP contribution in [0.15, 0.2) is 12.7 Å². The van der Waals surface area contributed by atoms with Gasteiger partial charge in [-0.3, -0.25) is 0 Å². The molecular weight excluding hydrogens is 230 g/mol. The van der Waals surface area contributed by atoms with E-state index in [0.717, 1.165) is 25.9 Å². The van der Waals surface area contributed by atoms with Gasteiger partial charge in [0.15, 0.2) is 0 Å². The van der Waals surface area contributed by atoms with E-state index in [9.17, 15) is 0 Å². The normalized spacial score (nSPS) is 14.8. The summed E-state index contributed by atoms with van der Waals surface area (Å²) in [6.45, 7) is 6.17. The largest absolute Gasteiger partial charge is 0.463 e. The number of hydrogen-bond donors (Lipinski definition) is 1. The maximum absolute atomic E-state index is 5.67. The highest BCUT2D eigenvalue weighted by Gasteiger charge is 2.17. The van der Waals surface area contributed by atoms with Crippen molar-refractivity contribution in [3.63, 3.8) is 0 Å². The number of hydrogen-bond acceptors (Lipinski definition) is 6. The number of ether oxygens (including phenoxy) is 1. The van der Waals surface area contributed by atoms with Crippen LogP contribution in [0.25, 0.3) is 0 Å². The van der Waals surface area contributed by atoms with Gasteiger partial charge >= 0.3 is 6.01 Å². The molecule has 18 heavy (non-hydrogen) atoms. The second-order valence-corrected chi connectivity index (χ2v) is 4.25. The van der Waals surface area contributed by atoms with E-state index in [4.69, 9.17) is 10.5 Å². The van der Waals surface area contributed by atoms with Crippen LogP contribution in [-0.2, 0) is 0 Å². The second kappa shape index (κ2) is 6.18. The van der Waals surface area contributed by atoms with Gasteiger partial charge < -0.3 is 15.4 Å². The number of allylic oxidation sites excluding steroid dienone is 1. The van der Waals surface area contributed by atoms with Crippen molar-refractivity contribution >= 4 is 11.9 Å². The molecule has 0 amide bonds. The highest BCUT2D eigenvalue weighted by molar-refractivity contribution is 5.36. The summed E-state index contributed by atoms with van der Waals surface area (Å²) in [7, 11) is 0. The van der Waals surface area contributed by atoms with Crippen LogP contribution in [0, 0.1) is 0 Å². The molecule has 1 aliphatic rings. The first kappa shape index (κ1) is 12.6. The average molecular weight is 249 g/mol. The first-order chi connectivity index (χ1) is 8.79. The molecule has 6 heteroatoms. The fourth-order valence-corrected chi connectivity index (χ4v) is 1.88. The molecule has 0 bridgehead atoms. The summed E-state index contributed by atoms with van der Waals surface area (Å²) in [4.78, 5) is 14.5. The zero-order valence-corrected chi connectivity index (χ0v) is 10.5. The molecule has 0 spiro atoms. The lowest BCUT2D eigenvalue weighted by molar-refractivity contribution is 0.287. The second-order valence-electron chi connectivity index (χ2n) is 4.25. The molecule has 1 saturated heterocycles. The molecule has 1 fully saturated rings. The topological polar surface area (TPSA) is 77.2 Å². The van der Waals surface area contributed by atoms with E-state index < -0.39 is 0 Å². The van der Waals surface area contributed by atoms with E-state index in [-0.39, 0.29) is 5.95 Å². The van der Waals surface area contributed by atoms with Crippen LogP contribution in [-0.4, -0.2) is 34.6 Å². The fourth-order valence-electron chi connectivity index (χ4n) is 1.88. The summed E-state index contributed by atoms with van der Waals surface area (Å²) >= 11 is 0. The molecule has 0 aliphatic carbocycles. The number of unbranched alkanes of at least 4 members (excludes halogenated alkanes) is 1. The van der Waals surface area contributed by atoms with Gasteiger partial charge in [-0.25, -0.2) is 0 Å². The molecule has 1 aliphatic heterocycles. The molecule has 0 unspecified atom stereocenters. The Bertz CT molecular complexity index is 403. The molecule has 1 aromatic rings. The van der Waals surface area contributed by atoms with E-state index in [1.54, 1.807) is 0 Å². The summed E-state index contributed by atoms with van der Waals surface area (Å²) in [6.07, 6.45) is 6.01. The number of nitrogens with two attached hydrogens (primary N) is 1. The smallest absolute Gasteiger partial charge is 0.323 e. The van der Waals surface area contributed by atoms with Crippen LogP contribution >= 0.6 is 0 Å². The number of rotatable bonds is 6. The third kappa shape index (κ3) is 3.32. The summed E-state index contributed by atoms with van der Waals surface area (Å²) in [5.74, 6) is 0.837. The lowest BCUT2D eigenvalue weighted by Gasteiger charge is -2.15. The molecule has 6 nitrogen and oxygen atoms in total. The van der Waals surface area contributed by atoms with Crippen molar-refractivity contribution in [1.29, 1.82) is 0 Å². The average Bonchev–Trinajstić information content (AvgIpc) is 2.88. The van der Waals surface area contributed by atoms with Crippen molar-refractivity contribution in [2.24, 2.45) is 0 Å². The molecule has 2 N–H and O–H groups in total. The zero-order valence-electron chi connectivity index (χ0n) is 10.5. The van der Waals surface area contributed by atoms with Gasteiger partial charge in [-0.1, -0.05) is 6.08 Å². The molecule has 98 valence electrons. The Balaban J connectivity index is 1.99. The monoisotopic (exact) mass is 249 g/mol. The highest BCUT2D eigenvalue weighted by Crippen LogP contribution is 2.18. The Hall–Kier alpha value is -1.85. The number of anilines is 2. The van der Waals surface area contributed by atoms with Crippen molar-refractivity contribution < 1.29 is 4.74 Å². The van der Waals surface area contributed by atoms with Crippen LogP contribution < -0.4 is 15.4 Å². The number of nitrogen functional groups attached to an aromatic ring is 1. The predicted molar refractivity (Wildman–Crippen MR) is 70.6 cm³/mol. The standard InChI is InChI=1S/C12H19N5O/c1-2-3-6-9-18-12-15-10(13)14-11(16-12)17-7-4-5-8-17/h2H,1,3-9H2,(H2,13,14,15,16). The van der Waals surface area contributed by atoms with Gasteiger partial charge in [0.1, 0.15) is 0 Å². The van der Waals surface area contributed by atoms with Crippen molar-refractivity contribution in [3.05, 3.63) is 12.7 Å². The zero-order chi connectivity index (χ0) is 12.8. The van der Waals surface area contributed by atoms with Crippen molar-refractivity contribution in [2.45, 2.75) is 25.7 Å². The maximum atomic E-state index is 5.67. The summed E-state index contributed by atoms with van der Waals surface area (Å²) in [6, 6.07) is 0.313. The Morgan fingerprint density at radius 2 is 2.06 bits per heavy atom. The lowest BCUT2D eigenvalue weighted by atomic mass is 10.3. The highest BCUT2D eigenvalue weighted by atomic mass is 16.5. The molecule has 0 aromatic carbocycles. The molecule has 1 aromatic heterocycles. The van der Waals surface area contributed by atoms with Gasteiger partial charge in [-0.2, -0.15) is 15.0 Å². The van der Waals surface area contributed by atoms with Crippen LogP contribution in [0.2, 0.25) is 0 Å². The van der Waals surface area contributed by atoms with E-state index in [2.05, 4.69) is 26.4 Å². The van der Waals surface area contributed by atoms with Crippen LogP contribution in [0.3, 0.4) is 0 Å². The Labute approximate surface area is 107 Å². The number of nitrogens with zero attached hydrogens (tertiary/aromatic N) is 4. The Kier molecular flexibility index (Phi) is 4.33. The molecule has 0 radical (unpaired) electrons. The quantitative estimate of drug-likeness (QED) is 0.606. The minimum Gasteiger partial charge on any atom is -0.463 e. The summed E-state index contributed by atoms with van der Waals surface area (Å²) < 4.78 is 5.47. The van der Waals surface area contributed by atoms with Gasteiger partial charge in [-0.15, -0.1) is 6.58 Å². The van der Waals surface area contributed by atoms with Crippen LogP contribution in [0.5, 0.6) is 6.01 Å². The first-order valence-corrected chi connectivity index (χ1v) is 6.30. The van der Waals surface area contributed by atoms with Gasteiger partial charge in [-0.05, 0) is 25.7 Å². The Morgan fingerprint density at radius 1 is 1.28 bits per heavy atom. The summed E-state index contributed by atoms with van der Waals surface area (Å²) in [5.41, 5.74) is 5.67. The van der Waals surface area contributed by atoms with E-state index in [1.165, 1.54) is 12.8 Å². The van der Waals surface area contributed by atoms with Gasteiger partial charge in [0.05, 0.1) is 6.61 Å². The number of aromatic nitrogens is 3. The first-order valence-electron chi connectivity index (χ1n) is 6.30. The predicted octanol–water partition coefficient (Wildman–Crippen LogP) is 1.40. The molecule has 2 heterocycles. The molecule has 2 rings (SSSR count).